The van der Waals surface area contributed by atoms with Crippen molar-refractivity contribution >= 4 is 17.7 Å². The van der Waals surface area contributed by atoms with Crippen LogP contribution in [0.1, 0.15) is 46.5 Å². The fourth-order valence-corrected chi connectivity index (χ4v) is 1.43. The SMILES string of the molecule is COC(=O)[C@H](CCCCC(=N)N)NC(=O)C(C)(C)C. The van der Waals surface area contributed by atoms with Crippen molar-refractivity contribution in [3.63, 3.8) is 0 Å². The molecule has 0 aliphatic rings. The molecule has 0 aliphatic carbocycles. The van der Waals surface area contributed by atoms with E-state index in [1.165, 1.54) is 7.11 Å². The number of amidine groups is 1. The number of nitrogens with two attached hydrogens (primary N) is 1. The van der Waals surface area contributed by atoms with E-state index < -0.39 is 17.4 Å². The lowest BCUT2D eigenvalue weighted by atomic mass is 9.94. The highest BCUT2D eigenvalue weighted by molar-refractivity contribution is 5.87. The lowest BCUT2D eigenvalue weighted by Crippen LogP contribution is -2.46. The van der Waals surface area contributed by atoms with Gasteiger partial charge in [0.05, 0.1) is 12.9 Å². The van der Waals surface area contributed by atoms with Crippen LogP contribution in [-0.4, -0.2) is 30.9 Å². The highest BCUT2D eigenvalue weighted by Gasteiger charge is 2.27. The Bertz CT molecular complexity index is 335. The number of carbonyl (C=O) groups is 2. The summed E-state index contributed by atoms with van der Waals surface area (Å²) in [5, 5.41) is 9.81. The number of esters is 1. The highest BCUT2D eigenvalue weighted by Crippen LogP contribution is 2.14. The van der Waals surface area contributed by atoms with Gasteiger partial charge in [-0.05, 0) is 12.8 Å². The molecule has 1 amide bonds. The van der Waals surface area contributed by atoms with Crippen LogP contribution >= 0.6 is 0 Å². The summed E-state index contributed by atoms with van der Waals surface area (Å²) >= 11 is 0. The molecular formula is C13H25N3O3. The molecule has 0 fully saturated rings. The number of carbonyl (C=O) groups excluding carboxylic acids is 2. The molecule has 0 saturated heterocycles. The lowest BCUT2D eigenvalue weighted by Gasteiger charge is -2.22. The first kappa shape index (κ1) is 17.4. The predicted molar refractivity (Wildman–Crippen MR) is 73.8 cm³/mol. The summed E-state index contributed by atoms with van der Waals surface area (Å²) < 4.78 is 4.68. The Morgan fingerprint density at radius 1 is 1.32 bits per heavy atom. The van der Waals surface area contributed by atoms with Crippen LogP contribution in [0.25, 0.3) is 0 Å². The fourth-order valence-electron chi connectivity index (χ4n) is 1.43. The number of unbranched alkanes of at least 4 members (excludes halogenated alkanes) is 1. The van der Waals surface area contributed by atoms with Crippen LogP contribution in [-0.2, 0) is 14.3 Å². The van der Waals surface area contributed by atoms with Crippen molar-refractivity contribution in [3.8, 4) is 0 Å². The Morgan fingerprint density at radius 2 is 1.89 bits per heavy atom. The third-order valence-electron chi connectivity index (χ3n) is 2.66. The third kappa shape index (κ3) is 7.43. The number of nitrogens with one attached hydrogen (secondary N) is 2. The van der Waals surface area contributed by atoms with Crippen LogP contribution < -0.4 is 11.1 Å². The van der Waals surface area contributed by atoms with Crippen molar-refractivity contribution in [2.45, 2.75) is 52.5 Å². The number of methoxy groups -OCH3 is 1. The van der Waals surface area contributed by atoms with Gasteiger partial charge in [0, 0.05) is 11.8 Å². The summed E-state index contributed by atoms with van der Waals surface area (Å²) in [6, 6.07) is -0.635. The third-order valence-corrected chi connectivity index (χ3v) is 2.66. The number of rotatable bonds is 7. The van der Waals surface area contributed by atoms with Gasteiger partial charge in [-0.2, -0.15) is 0 Å². The molecule has 0 aromatic rings. The Labute approximate surface area is 114 Å². The number of amides is 1. The molecule has 0 aromatic carbocycles. The Hall–Kier alpha value is -1.59. The predicted octanol–water partition coefficient (Wildman–Crippen LogP) is 1.19. The molecule has 0 radical (unpaired) electrons. The van der Waals surface area contributed by atoms with Crippen molar-refractivity contribution in [1.29, 1.82) is 5.41 Å². The number of hydrogen-bond acceptors (Lipinski definition) is 4. The topological polar surface area (TPSA) is 105 Å². The van der Waals surface area contributed by atoms with Gasteiger partial charge in [0.15, 0.2) is 0 Å². The molecule has 0 bridgehead atoms. The van der Waals surface area contributed by atoms with Gasteiger partial charge in [0.1, 0.15) is 6.04 Å². The Balaban J connectivity index is 4.36. The van der Waals surface area contributed by atoms with Gasteiger partial charge in [0.25, 0.3) is 0 Å². The van der Waals surface area contributed by atoms with Crippen LogP contribution in [0.4, 0.5) is 0 Å². The summed E-state index contributed by atoms with van der Waals surface area (Å²) in [5.41, 5.74) is 4.71. The minimum Gasteiger partial charge on any atom is -0.467 e. The molecule has 19 heavy (non-hydrogen) atoms. The van der Waals surface area contributed by atoms with E-state index in [0.717, 1.165) is 0 Å². The molecule has 0 aromatic heterocycles. The molecule has 0 saturated carbocycles. The second-order valence-electron chi connectivity index (χ2n) is 5.57. The van der Waals surface area contributed by atoms with Gasteiger partial charge in [-0.15, -0.1) is 0 Å². The zero-order valence-electron chi connectivity index (χ0n) is 12.2. The molecule has 1 atom stereocenters. The van der Waals surface area contributed by atoms with E-state index in [2.05, 4.69) is 10.1 Å². The highest BCUT2D eigenvalue weighted by atomic mass is 16.5. The molecule has 6 heteroatoms. The van der Waals surface area contributed by atoms with Crippen LogP contribution in [0.3, 0.4) is 0 Å². The minimum absolute atomic E-state index is 0.133. The van der Waals surface area contributed by atoms with Crippen LogP contribution in [0.2, 0.25) is 0 Å². The van der Waals surface area contributed by atoms with Crippen molar-refractivity contribution < 1.29 is 14.3 Å². The minimum atomic E-state index is -0.635. The number of ether oxygens (including phenoxy) is 1. The van der Waals surface area contributed by atoms with E-state index in [4.69, 9.17) is 11.1 Å². The monoisotopic (exact) mass is 271 g/mol. The fraction of sp³-hybridized carbons (Fsp3) is 0.769. The van der Waals surface area contributed by atoms with Gasteiger partial charge in [-0.3, -0.25) is 10.2 Å². The average molecular weight is 271 g/mol. The summed E-state index contributed by atoms with van der Waals surface area (Å²) in [4.78, 5) is 23.5. The first-order valence-electron chi connectivity index (χ1n) is 6.40. The van der Waals surface area contributed by atoms with E-state index in [1.54, 1.807) is 20.8 Å². The number of hydrogen-bond donors (Lipinski definition) is 3. The molecule has 0 heterocycles. The summed E-state index contributed by atoms with van der Waals surface area (Å²) in [6.45, 7) is 5.35. The van der Waals surface area contributed by atoms with Crippen LogP contribution in [0.15, 0.2) is 0 Å². The molecule has 0 rings (SSSR count). The van der Waals surface area contributed by atoms with Gasteiger partial charge in [0.2, 0.25) is 5.91 Å². The summed E-state index contributed by atoms with van der Waals surface area (Å²) in [5.74, 6) is -0.497. The molecule has 110 valence electrons. The first-order chi connectivity index (χ1) is 8.68. The zero-order chi connectivity index (χ0) is 15.1. The standard InChI is InChI=1S/C13H25N3O3/c1-13(2,3)12(18)16-9(11(17)19-4)7-5-6-8-10(14)15/h9H,5-8H2,1-4H3,(H3,14,15)(H,16,18)/t9-/m0/s1. The van der Waals surface area contributed by atoms with Gasteiger partial charge >= 0.3 is 5.97 Å². The van der Waals surface area contributed by atoms with E-state index in [-0.39, 0.29) is 11.7 Å². The lowest BCUT2D eigenvalue weighted by molar-refractivity contribution is -0.146. The van der Waals surface area contributed by atoms with Gasteiger partial charge < -0.3 is 15.8 Å². The average Bonchev–Trinajstić information content (AvgIpc) is 2.30. The smallest absolute Gasteiger partial charge is 0.328 e. The first-order valence-corrected chi connectivity index (χ1v) is 6.40. The summed E-state index contributed by atoms with van der Waals surface area (Å²) in [6.07, 6.45) is 2.40. The Kier molecular flexibility index (Phi) is 7.11. The van der Waals surface area contributed by atoms with E-state index in [9.17, 15) is 9.59 Å². The van der Waals surface area contributed by atoms with E-state index in [1.807, 2.05) is 0 Å². The van der Waals surface area contributed by atoms with Crippen molar-refractivity contribution in [2.24, 2.45) is 11.1 Å². The zero-order valence-corrected chi connectivity index (χ0v) is 12.2. The van der Waals surface area contributed by atoms with Crippen molar-refractivity contribution in [1.82, 2.24) is 5.32 Å². The molecular weight excluding hydrogens is 246 g/mol. The molecule has 4 N–H and O–H groups in total. The van der Waals surface area contributed by atoms with Gasteiger partial charge in [-0.25, -0.2) is 4.79 Å². The van der Waals surface area contributed by atoms with Crippen LogP contribution in [0.5, 0.6) is 0 Å². The van der Waals surface area contributed by atoms with Gasteiger partial charge in [-0.1, -0.05) is 27.2 Å². The van der Waals surface area contributed by atoms with Crippen molar-refractivity contribution in [3.05, 3.63) is 0 Å². The summed E-state index contributed by atoms with van der Waals surface area (Å²) in [7, 11) is 1.30. The second kappa shape index (κ2) is 7.76. The second-order valence-corrected chi connectivity index (χ2v) is 5.57. The molecule has 0 unspecified atom stereocenters. The largest absolute Gasteiger partial charge is 0.467 e. The van der Waals surface area contributed by atoms with E-state index >= 15 is 0 Å². The normalized spacial score (nSPS) is 12.6. The van der Waals surface area contributed by atoms with Crippen LogP contribution in [0, 0.1) is 10.8 Å². The maximum Gasteiger partial charge on any atom is 0.328 e. The maximum absolute atomic E-state index is 11.9. The Morgan fingerprint density at radius 3 is 2.32 bits per heavy atom. The van der Waals surface area contributed by atoms with E-state index in [0.29, 0.717) is 25.7 Å². The van der Waals surface area contributed by atoms with Crippen molar-refractivity contribution in [2.75, 3.05) is 7.11 Å². The maximum atomic E-state index is 11.9. The molecule has 0 spiro atoms. The molecule has 0 aliphatic heterocycles. The quantitative estimate of drug-likeness (QED) is 0.280. The molecule has 6 nitrogen and oxygen atoms in total.